The summed E-state index contributed by atoms with van der Waals surface area (Å²) in [7, 11) is -1.73. The van der Waals surface area contributed by atoms with E-state index in [0.29, 0.717) is 37.1 Å². The number of hydrogen-bond acceptors (Lipinski definition) is 4. The lowest BCUT2D eigenvalue weighted by atomic mass is 10.1. The maximum absolute atomic E-state index is 12.7. The highest BCUT2D eigenvalue weighted by atomic mass is 32.2. The summed E-state index contributed by atoms with van der Waals surface area (Å²) in [6, 6.07) is 7.19. The zero-order chi connectivity index (χ0) is 15.3. The minimum atomic E-state index is -3.39. The molecule has 0 spiro atoms. The standard InChI is InChI=1S/C15H24N2O3S/c1-3-16-10-13-5-4-6-15(9-13)21(18,19)17-8-7-14(11-17)12-20-2/h4-6,9,14,16H,3,7-8,10-12H2,1-2H3. The van der Waals surface area contributed by atoms with E-state index >= 15 is 0 Å². The molecular formula is C15H24N2O3S. The Labute approximate surface area is 127 Å². The molecule has 1 fully saturated rings. The highest BCUT2D eigenvalue weighted by Crippen LogP contribution is 2.25. The Bertz CT molecular complexity index is 560. The van der Waals surface area contributed by atoms with Crippen LogP contribution in [0.4, 0.5) is 0 Å². The molecule has 21 heavy (non-hydrogen) atoms. The van der Waals surface area contributed by atoms with Gasteiger partial charge in [0, 0.05) is 26.7 Å². The molecule has 1 aromatic rings. The van der Waals surface area contributed by atoms with Gasteiger partial charge in [-0.15, -0.1) is 0 Å². The fourth-order valence-electron chi connectivity index (χ4n) is 2.62. The summed E-state index contributed by atoms with van der Waals surface area (Å²) >= 11 is 0. The van der Waals surface area contributed by atoms with Crippen molar-refractivity contribution in [2.24, 2.45) is 5.92 Å². The van der Waals surface area contributed by atoms with Gasteiger partial charge in [-0.2, -0.15) is 4.31 Å². The minimum absolute atomic E-state index is 0.301. The van der Waals surface area contributed by atoms with Crippen molar-refractivity contribution in [3.8, 4) is 0 Å². The molecule has 1 unspecified atom stereocenters. The quantitative estimate of drug-likeness (QED) is 0.828. The van der Waals surface area contributed by atoms with Crippen LogP contribution in [0.25, 0.3) is 0 Å². The average Bonchev–Trinajstić information content (AvgIpc) is 2.95. The van der Waals surface area contributed by atoms with Crippen molar-refractivity contribution in [1.82, 2.24) is 9.62 Å². The molecule has 6 heteroatoms. The highest BCUT2D eigenvalue weighted by Gasteiger charge is 2.32. The molecule has 1 saturated heterocycles. The Balaban J connectivity index is 2.12. The first-order chi connectivity index (χ1) is 10.1. The number of rotatable bonds is 7. The summed E-state index contributed by atoms with van der Waals surface area (Å²) in [6.45, 7) is 5.32. The summed E-state index contributed by atoms with van der Waals surface area (Å²) < 4.78 is 32.0. The Kier molecular flexibility index (Phi) is 5.75. The maximum Gasteiger partial charge on any atom is 0.243 e. The number of benzene rings is 1. The molecule has 0 amide bonds. The molecule has 0 radical (unpaired) electrons. The zero-order valence-electron chi connectivity index (χ0n) is 12.7. The molecule has 1 aliphatic heterocycles. The third-order valence-corrected chi connectivity index (χ3v) is 5.63. The SMILES string of the molecule is CCNCc1cccc(S(=O)(=O)N2CCC(COC)C2)c1. The normalized spacial score (nSPS) is 20.0. The van der Waals surface area contributed by atoms with E-state index in [4.69, 9.17) is 4.74 Å². The summed E-state index contributed by atoms with van der Waals surface area (Å²) in [5.41, 5.74) is 0.991. The van der Waals surface area contributed by atoms with Crippen LogP contribution in [-0.4, -0.2) is 46.1 Å². The van der Waals surface area contributed by atoms with Crippen LogP contribution < -0.4 is 5.32 Å². The average molecular weight is 312 g/mol. The maximum atomic E-state index is 12.7. The number of nitrogens with zero attached hydrogens (tertiary/aromatic N) is 1. The van der Waals surface area contributed by atoms with Gasteiger partial charge >= 0.3 is 0 Å². The largest absolute Gasteiger partial charge is 0.384 e. The Morgan fingerprint density at radius 3 is 2.95 bits per heavy atom. The van der Waals surface area contributed by atoms with E-state index in [2.05, 4.69) is 5.32 Å². The summed E-state index contributed by atoms with van der Waals surface area (Å²) in [5, 5.41) is 3.21. The second kappa shape index (κ2) is 7.35. The fraction of sp³-hybridized carbons (Fsp3) is 0.600. The van der Waals surface area contributed by atoms with Crippen LogP contribution in [0.5, 0.6) is 0 Å². The number of nitrogens with one attached hydrogen (secondary N) is 1. The summed E-state index contributed by atoms with van der Waals surface area (Å²) in [6.07, 6.45) is 0.865. The molecule has 0 aliphatic carbocycles. The van der Waals surface area contributed by atoms with Gasteiger partial charge in [0.15, 0.2) is 0 Å². The van der Waals surface area contributed by atoms with Gasteiger partial charge in [0.2, 0.25) is 10.0 Å². The van der Waals surface area contributed by atoms with Crippen molar-refractivity contribution >= 4 is 10.0 Å². The molecule has 118 valence electrons. The minimum Gasteiger partial charge on any atom is -0.384 e. The van der Waals surface area contributed by atoms with E-state index in [1.165, 1.54) is 0 Å². The molecule has 0 aromatic heterocycles. The van der Waals surface area contributed by atoms with Crippen LogP contribution in [-0.2, 0) is 21.3 Å². The van der Waals surface area contributed by atoms with E-state index in [1.807, 2.05) is 19.1 Å². The zero-order valence-corrected chi connectivity index (χ0v) is 13.5. The van der Waals surface area contributed by atoms with Crippen molar-refractivity contribution in [3.63, 3.8) is 0 Å². The van der Waals surface area contributed by atoms with E-state index in [1.54, 1.807) is 23.5 Å². The monoisotopic (exact) mass is 312 g/mol. The molecule has 1 N–H and O–H groups in total. The number of ether oxygens (including phenoxy) is 1. The molecule has 1 aliphatic rings. The van der Waals surface area contributed by atoms with E-state index in [0.717, 1.165) is 18.5 Å². The lowest BCUT2D eigenvalue weighted by Crippen LogP contribution is -2.29. The second-order valence-electron chi connectivity index (χ2n) is 5.40. The van der Waals surface area contributed by atoms with Gasteiger partial charge in [-0.3, -0.25) is 0 Å². The molecule has 1 atom stereocenters. The molecule has 2 rings (SSSR count). The van der Waals surface area contributed by atoms with E-state index < -0.39 is 10.0 Å². The molecule has 0 saturated carbocycles. The highest BCUT2D eigenvalue weighted by molar-refractivity contribution is 7.89. The third-order valence-electron chi connectivity index (χ3n) is 3.77. The van der Waals surface area contributed by atoms with Crippen LogP contribution in [0, 0.1) is 5.92 Å². The summed E-state index contributed by atoms with van der Waals surface area (Å²) in [4.78, 5) is 0.385. The Morgan fingerprint density at radius 2 is 2.24 bits per heavy atom. The molecule has 5 nitrogen and oxygen atoms in total. The number of hydrogen-bond donors (Lipinski definition) is 1. The number of methoxy groups -OCH3 is 1. The van der Waals surface area contributed by atoms with Crippen molar-refractivity contribution in [1.29, 1.82) is 0 Å². The topological polar surface area (TPSA) is 58.6 Å². The molecule has 1 aromatic carbocycles. The van der Waals surface area contributed by atoms with Gasteiger partial charge in [-0.1, -0.05) is 19.1 Å². The van der Waals surface area contributed by atoms with Crippen LogP contribution in [0.2, 0.25) is 0 Å². The van der Waals surface area contributed by atoms with Gasteiger partial charge in [-0.25, -0.2) is 8.42 Å². The third kappa shape index (κ3) is 4.03. The molecule has 0 bridgehead atoms. The lowest BCUT2D eigenvalue weighted by Gasteiger charge is -2.17. The molecule has 1 heterocycles. The van der Waals surface area contributed by atoms with Crippen molar-refractivity contribution in [3.05, 3.63) is 29.8 Å². The van der Waals surface area contributed by atoms with Gasteiger partial charge in [0.1, 0.15) is 0 Å². The second-order valence-corrected chi connectivity index (χ2v) is 7.34. The van der Waals surface area contributed by atoms with Crippen LogP contribution in [0.3, 0.4) is 0 Å². The predicted octanol–water partition coefficient (Wildman–Crippen LogP) is 1.45. The van der Waals surface area contributed by atoms with Gasteiger partial charge in [-0.05, 0) is 36.6 Å². The smallest absolute Gasteiger partial charge is 0.243 e. The number of sulfonamides is 1. The van der Waals surface area contributed by atoms with E-state index in [-0.39, 0.29) is 0 Å². The first kappa shape index (κ1) is 16.4. The van der Waals surface area contributed by atoms with Crippen LogP contribution in [0.15, 0.2) is 29.2 Å². The first-order valence-electron chi connectivity index (χ1n) is 7.36. The Morgan fingerprint density at radius 1 is 1.43 bits per heavy atom. The van der Waals surface area contributed by atoms with Crippen molar-refractivity contribution < 1.29 is 13.2 Å². The van der Waals surface area contributed by atoms with Gasteiger partial charge < -0.3 is 10.1 Å². The predicted molar refractivity (Wildman–Crippen MR) is 82.6 cm³/mol. The van der Waals surface area contributed by atoms with Crippen molar-refractivity contribution in [2.75, 3.05) is 33.4 Å². The van der Waals surface area contributed by atoms with Gasteiger partial charge in [0.05, 0.1) is 11.5 Å². The van der Waals surface area contributed by atoms with E-state index in [9.17, 15) is 8.42 Å². The molecular weight excluding hydrogens is 288 g/mol. The van der Waals surface area contributed by atoms with Crippen LogP contribution >= 0.6 is 0 Å². The van der Waals surface area contributed by atoms with Gasteiger partial charge in [0.25, 0.3) is 0 Å². The first-order valence-corrected chi connectivity index (χ1v) is 8.80. The lowest BCUT2D eigenvalue weighted by molar-refractivity contribution is 0.157. The van der Waals surface area contributed by atoms with Crippen LogP contribution in [0.1, 0.15) is 18.9 Å². The van der Waals surface area contributed by atoms with Crippen molar-refractivity contribution in [2.45, 2.75) is 24.8 Å². The summed E-state index contributed by atoms with van der Waals surface area (Å²) in [5.74, 6) is 0.301. The fourth-order valence-corrected chi connectivity index (χ4v) is 4.22. The Hall–Kier alpha value is -0.950.